The van der Waals surface area contributed by atoms with Crippen LogP contribution in [0.2, 0.25) is 0 Å². The molecule has 0 aliphatic rings. The summed E-state index contributed by atoms with van der Waals surface area (Å²) in [5.74, 6) is 0.841. The summed E-state index contributed by atoms with van der Waals surface area (Å²) in [5, 5.41) is 19.2. The largest absolute Gasteiger partial charge is 0.369 e. The Balaban J connectivity index is 0.000000145. The summed E-state index contributed by atoms with van der Waals surface area (Å²) in [6.45, 7) is 1.47. The van der Waals surface area contributed by atoms with Crippen molar-refractivity contribution in [3.05, 3.63) is 120 Å². The third kappa shape index (κ3) is 6.44. The predicted octanol–water partition coefficient (Wildman–Crippen LogP) is 3.60. The lowest BCUT2D eigenvalue weighted by Crippen LogP contribution is -2.01. The molecule has 0 aliphatic carbocycles. The molecule has 45 heavy (non-hydrogen) atoms. The molecule has 14 nitrogen and oxygen atoms in total. The summed E-state index contributed by atoms with van der Waals surface area (Å²) in [4.78, 5) is 20.5. The highest BCUT2D eigenvalue weighted by molar-refractivity contribution is 5.83. The Morgan fingerprint density at radius 2 is 1.18 bits per heavy atom. The minimum atomic E-state index is 0.418. The third-order valence-electron chi connectivity index (χ3n) is 7.50. The van der Waals surface area contributed by atoms with Gasteiger partial charge in [0, 0.05) is 77.4 Å². The Labute approximate surface area is 256 Å². The molecular formula is C31H32N14. The Hall–Kier alpha value is -6.18. The normalized spacial score (nSPS) is 11.3. The molecule has 0 atom stereocenters. The number of H-pyrrole nitrogens is 4. The van der Waals surface area contributed by atoms with Gasteiger partial charge in [-0.05, 0) is 29.7 Å². The van der Waals surface area contributed by atoms with Crippen LogP contribution in [0.15, 0.2) is 85.7 Å². The van der Waals surface area contributed by atoms with Crippen LogP contribution in [0, 0.1) is 0 Å². The van der Waals surface area contributed by atoms with E-state index in [1.54, 1.807) is 12.4 Å². The number of aromatic amines is 4. The summed E-state index contributed by atoms with van der Waals surface area (Å²) in [6.07, 6.45) is 13.6. The SMILES string of the molecule is Nc1ncc(Cc2cn(CCc3c[nH]c4ccccc34)nn2)[nH]1.Nc1ncc(Cc2cn(Cc3c[nH]c4ccccc34)nn2)[nH]1. The quantitative estimate of drug-likeness (QED) is 0.144. The van der Waals surface area contributed by atoms with Crippen molar-refractivity contribution >= 4 is 33.7 Å². The standard InChI is InChI=1S/C16H17N7.C15H15N7/c17-16-19-9-12(20-16)7-13-10-23(22-21-13)6-5-11-8-18-15-4-2-1-3-14(11)15;16-15-18-7-11(19-15)5-12-9-22(21-20-12)8-10-6-17-14-4-2-1-3-13(10)14/h1-4,8-10,18H,5-7H2,(H3,17,19,20);1-4,6-7,9,17H,5,8H2,(H3,16,18,19). The van der Waals surface area contributed by atoms with E-state index in [9.17, 15) is 0 Å². The van der Waals surface area contributed by atoms with Crippen LogP contribution in [0.4, 0.5) is 11.9 Å². The van der Waals surface area contributed by atoms with Crippen LogP contribution in [0.1, 0.15) is 33.9 Å². The van der Waals surface area contributed by atoms with Crippen molar-refractivity contribution < 1.29 is 0 Å². The predicted molar refractivity (Wildman–Crippen MR) is 171 cm³/mol. The summed E-state index contributed by atoms with van der Waals surface area (Å²) in [5.41, 5.74) is 19.6. The highest BCUT2D eigenvalue weighted by Crippen LogP contribution is 2.20. The highest BCUT2D eigenvalue weighted by Gasteiger charge is 2.09. The molecule has 0 bridgehead atoms. The topological polar surface area (TPSA) is 202 Å². The van der Waals surface area contributed by atoms with E-state index in [4.69, 9.17) is 11.5 Å². The van der Waals surface area contributed by atoms with E-state index < -0.39 is 0 Å². The van der Waals surface area contributed by atoms with Crippen molar-refractivity contribution in [1.82, 2.24) is 59.9 Å². The fourth-order valence-corrected chi connectivity index (χ4v) is 5.36. The molecule has 0 saturated heterocycles. The first-order valence-corrected chi connectivity index (χ1v) is 14.5. The van der Waals surface area contributed by atoms with Crippen LogP contribution in [0.3, 0.4) is 0 Å². The number of imidazole rings is 2. The van der Waals surface area contributed by atoms with E-state index in [0.29, 0.717) is 31.3 Å². The molecule has 0 unspecified atom stereocenters. The molecule has 0 saturated carbocycles. The number of nitrogens with one attached hydrogen (secondary N) is 4. The summed E-state index contributed by atoms with van der Waals surface area (Å²) < 4.78 is 3.71. The van der Waals surface area contributed by atoms with Gasteiger partial charge < -0.3 is 31.4 Å². The molecule has 6 heterocycles. The van der Waals surface area contributed by atoms with Gasteiger partial charge in [0.2, 0.25) is 0 Å². The summed E-state index contributed by atoms with van der Waals surface area (Å²) in [7, 11) is 0. The van der Waals surface area contributed by atoms with E-state index in [-0.39, 0.29) is 0 Å². The van der Waals surface area contributed by atoms with Crippen molar-refractivity contribution in [3.63, 3.8) is 0 Å². The number of nitrogens with zero attached hydrogens (tertiary/aromatic N) is 8. The number of nitrogen functional groups attached to an aromatic ring is 2. The van der Waals surface area contributed by atoms with E-state index in [0.717, 1.165) is 41.3 Å². The van der Waals surface area contributed by atoms with Crippen LogP contribution < -0.4 is 11.5 Å². The smallest absolute Gasteiger partial charge is 0.197 e. The first-order valence-electron chi connectivity index (χ1n) is 14.5. The van der Waals surface area contributed by atoms with Crippen molar-refractivity contribution in [1.29, 1.82) is 0 Å². The van der Waals surface area contributed by atoms with Gasteiger partial charge in [-0.2, -0.15) is 0 Å². The molecule has 0 aliphatic heterocycles. The Morgan fingerprint density at radius 1 is 0.644 bits per heavy atom. The third-order valence-corrected chi connectivity index (χ3v) is 7.50. The van der Waals surface area contributed by atoms with Crippen LogP contribution >= 0.6 is 0 Å². The number of fused-ring (bicyclic) bond motifs is 2. The van der Waals surface area contributed by atoms with Crippen LogP contribution in [-0.4, -0.2) is 59.9 Å². The minimum Gasteiger partial charge on any atom is -0.369 e. The minimum absolute atomic E-state index is 0.418. The van der Waals surface area contributed by atoms with E-state index in [1.165, 1.54) is 27.4 Å². The van der Waals surface area contributed by atoms with Gasteiger partial charge >= 0.3 is 0 Å². The Kier molecular flexibility index (Phi) is 7.50. The molecule has 0 spiro atoms. The van der Waals surface area contributed by atoms with Gasteiger partial charge in [0.05, 0.1) is 30.3 Å². The first kappa shape index (κ1) is 27.6. The van der Waals surface area contributed by atoms with Gasteiger partial charge in [0.1, 0.15) is 0 Å². The molecule has 0 amide bonds. The highest BCUT2D eigenvalue weighted by atomic mass is 15.4. The van der Waals surface area contributed by atoms with Gasteiger partial charge in [-0.25, -0.2) is 14.6 Å². The van der Waals surface area contributed by atoms with Crippen molar-refractivity contribution in [2.45, 2.75) is 32.4 Å². The maximum Gasteiger partial charge on any atom is 0.197 e. The van der Waals surface area contributed by atoms with Gasteiger partial charge in [0.25, 0.3) is 0 Å². The number of nitrogens with two attached hydrogens (primary N) is 2. The zero-order valence-corrected chi connectivity index (χ0v) is 24.4. The molecular weight excluding hydrogens is 568 g/mol. The Bertz CT molecular complexity index is 2150. The maximum absolute atomic E-state index is 5.57. The van der Waals surface area contributed by atoms with Crippen LogP contribution in [0.5, 0.6) is 0 Å². The number of benzene rings is 2. The molecule has 8 N–H and O–H groups in total. The zero-order valence-electron chi connectivity index (χ0n) is 24.4. The van der Waals surface area contributed by atoms with Gasteiger partial charge in [-0.1, -0.05) is 46.8 Å². The lowest BCUT2D eigenvalue weighted by atomic mass is 10.1. The number of para-hydroxylation sites is 2. The fourth-order valence-electron chi connectivity index (χ4n) is 5.36. The average Bonchev–Trinajstić information content (AvgIpc) is 3.90. The number of aryl methyl sites for hydroxylation is 2. The van der Waals surface area contributed by atoms with Crippen molar-refractivity contribution in [2.24, 2.45) is 0 Å². The van der Waals surface area contributed by atoms with Gasteiger partial charge in [-0.3, -0.25) is 4.68 Å². The first-order chi connectivity index (χ1) is 22.1. The van der Waals surface area contributed by atoms with E-state index in [1.807, 2.05) is 46.2 Å². The second kappa shape index (κ2) is 12.2. The summed E-state index contributed by atoms with van der Waals surface area (Å²) in [6, 6.07) is 16.5. The fraction of sp³-hybridized carbons (Fsp3) is 0.161. The molecule has 226 valence electrons. The molecule has 8 rings (SSSR count). The molecule has 6 aromatic heterocycles. The number of anilines is 2. The van der Waals surface area contributed by atoms with Crippen molar-refractivity contribution in [3.8, 4) is 0 Å². The van der Waals surface area contributed by atoms with Crippen LogP contribution in [0.25, 0.3) is 21.8 Å². The lowest BCUT2D eigenvalue weighted by Gasteiger charge is -1.99. The van der Waals surface area contributed by atoms with Gasteiger partial charge in [-0.15, -0.1) is 10.2 Å². The summed E-state index contributed by atoms with van der Waals surface area (Å²) >= 11 is 0. The number of hydrogen-bond donors (Lipinski definition) is 6. The number of hydrogen-bond acceptors (Lipinski definition) is 8. The number of rotatable bonds is 9. The average molecular weight is 601 g/mol. The molecule has 0 radical (unpaired) electrons. The molecule has 0 fully saturated rings. The van der Waals surface area contributed by atoms with Gasteiger partial charge in [0.15, 0.2) is 11.9 Å². The van der Waals surface area contributed by atoms with E-state index in [2.05, 4.69) is 87.1 Å². The van der Waals surface area contributed by atoms with Crippen molar-refractivity contribution in [2.75, 3.05) is 11.5 Å². The second-order valence-electron chi connectivity index (χ2n) is 10.8. The lowest BCUT2D eigenvalue weighted by molar-refractivity contribution is 0.590. The molecule has 14 heteroatoms. The maximum atomic E-state index is 5.57. The zero-order chi connectivity index (χ0) is 30.6. The molecule has 2 aromatic carbocycles. The molecule has 8 aromatic rings. The Morgan fingerprint density at radius 3 is 1.78 bits per heavy atom. The number of aromatic nitrogens is 12. The van der Waals surface area contributed by atoms with Crippen LogP contribution in [-0.2, 0) is 32.4 Å². The second-order valence-corrected chi connectivity index (χ2v) is 10.8. The van der Waals surface area contributed by atoms with E-state index >= 15 is 0 Å². The monoisotopic (exact) mass is 600 g/mol.